The van der Waals surface area contributed by atoms with Gasteiger partial charge in [-0.05, 0) is 82.6 Å². The summed E-state index contributed by atoms with van der Waals surface area (Å²) in [5.41, 5.74) is 5.62. The van der Waals surface area contributed by atoms with E-state index in [2.05, 4.69) is 36.0 Å². The first-order valence-corrected chi connectivity index (χ1v) is 18.8. The van der Waals surface area contributed by atoms with E-state index < -0.39 is 17.2 Å². The lowest BCUT2D eigenvalue weighted by Crippen LogP contribution is -2.51. The molecule has 7 aromatic rings. The number of imidazole rings is 1. The summed E-state index contributed by atoms with van der Waals surface area (Å²) in [7, 11) is 0. The summed E-state index contributed by atoms with van der Waals surface area (Å²) in [5, 5.41) is 19.6. The SMILES string of the molecule is Cc1cc(C)n2ncc(C(=O)Nc3ccc(-c4cn(C5(C(=O)NCc6ccc(-n7cnc8ccccc87)cc6Cl)CCN(C(=O)OC(C)(C)C)C5)nn4)cc3)c2n1. The van der Waals surface area contributed by atoms with Crippen molar-refractivity contribution in [2.45, 2.75) is 58.7 Å². The lowest BCUT2D eigenvalue weighted by molar-refractivity contribution is -0.130. The minimum absolute atomic E-state index is 0.0132. The van der Waals surface area contributed by atoms with Gasteiger partial charge in [0, 0.05) is 52.9 Å². The molecule has 8 rings (SSSR count). The summed E-state index contributed by atoms with van der Waals surface area (Å²) in [6, 6.07) is 22.5. The van der Waals surface area contributed by atoms with Crippen molar-refractivity contribution in [2.24, 2.45) is 0 Å². The van der Waals surface area contributed by atoms with Gasteiger partial charge in [0.15, 0.2) is 11.2 Å². The highest BCUT2D eigenvalue weighted by Gasteiger charge is 2.49. The zero-order valence-corrected chi connectivity index (χ0v) is 32.8. The highest BCUT2D eigenvalue weighted by atomic mass is 35.5. The Hall–Kier alpha value is -6.61. The van der Waals surface area contributed by atoms with Gasteiger partial charge in [-0.1, -0.05) is 47.1 Å². The summed E-state index contributed by atoms with van der Waals surface area (Å²) >= 11 is 6.78. The van der Waals surface area contributed by atoms with Gasteiger partial charge in [0.1, 0.15) is 23.2 Å². The van der Waals surface area contributed by atoms with E-state index in [1.165, 1.54) is 15.8 Å². The number of ether oxygens (including phenoxy) is 1. The molecule has 1 unspecified atom stereocenters. The van der Waals surface area contributed by atoms with Gasteiger partial charge in [0.2, 0.25) is 5.91 Å². The highest BCUT2D eigenvalue weighted by molar-refractivity contribution is 6.31. The monoisotopic (exact) mass is 785 g/mol. The minimum Gasteiger partial charge on any atom is -0.444 e. The number of anilines is 1. The summed E-state index contributed by atoms with van der Waals surface area (Å²) in [5.74, 6) is -0.689. The molecule has 57 heavy (non-hydrogen) atoms. The second-order valence-electron chi connectivity index (χ2n) is 15.2. The number of para-hydroxylation sites is 2. The van der Waals surface area contributed by atoms with E-state index in [0.29, 0.717) is 38.7 Å². The number of rotatable bonds is 8. The number of aromatic nitrogens is 8. The molecule has 16 heteroatoms. The van der Waals surface area contributed by atoms with Crippen LogP contribution in [0.3, 0.4) is 0 Å². The van der Waals surface area contributed by atoms with Crippen molar-refractivity contribution < 1.29 is 19.1 Å². The largest absolute Gasteiger partial charge is 0.444 e. The van der Waals surface area contributed by atoms with E-state index in [-0.39, 0.29) is 37.9 Å². The van der Waals surface area contributed by atoms with Crippen LogP contribution in [0.5, 0.6) is 0 Å². The van der Waals surface area contributed by atoms with Gasteiger partial charge >= 0.3 is 6.09 Å². The van der Waals surface area contributed by atoms with Crippen LogP contribution in [0.1, 0.15) is 54.5 Å². The Morgan fingerprint density at radius 1 is 1.00 bits per heavy atom. The van der Waals surface area contributed by atoms with Crippen LogP contribution in [0, 0.1) is 13.8 Å². The van der Waals surface area contributed by atoms with E-state index >= 15 is 0 Å². The number of carbonyl (C=O) groups is 3. The van der Waals surface area contributed by atoms with Gasteiger partial charge in [-0.2, -0.15) is 5.10 Å². The maximum atomic E-state index is 14.3. The van der Waals surface area contributed by atoms with Crippen LogP contribution in [0.25, 0.3) is 33.6 Å². The van der Waals surface area contributed by atoms with Crippen molar-refractivity contribution in [1.82, 2.24) is 49.4 Å². The third-order valence-electron chi connectivity index (χ3n) is 9.92. The van der Waals surface area contributed by atoms with Crippen LogP contribution in [-0.2, 0) is 21.6 Å². The van der Waals surface area contributed by atoms with E-state index in [9.17, 15) is 14.4 Å². The topological polar surface area (TPSA) is 166 Å². The number of carbonyl (C=O) groups excluding carboxylic acids is 3. The number of fused-ring (bicyclic) bond motifs is 2. The number of hydrogen-bond donors (Lipinski definition) is 2. The average Bonchev–Trinajstić information content (AvgIpc) is 4.00. The summed E-state index contributed by atoms with van der Waals surface area (Å²) < 4.78 is 10.8. The summed E-state index contributed by atoms with van der Waals surface area (Å²) in [6.45, 7) is 9.58. The average molecular weight is 786 g/mol. The van der Waals surface area contributed by atoms with Gasteiger partial charge < -0.3 is 20.3 Å². The molecular weight excluding hydrogens is 746 g/mol. The molecule has 0 saturated carbocycles. The van der Waals surface area contributed by atoms with Crippen LogP contribution < -0.4 is 10.6 Å². The van der Waals surface area contributed by atoms with Crippen molar-refractivity contribution >= 4 is 51.9 Å². The maximum absolute atomic E-state index is 14.3. The summed E-state index contributed by atoms with van der Waals surface area (Å²) in [4.78, 5) is 51.3. The Morgan fingerprint density at radius 2 is 1.79 bits per heavy atom. The summed E-state index contributed by atoms with van der Waals surface area (Å²) in [6.07, 6.45) is 4.69. The molecule has 1 aliphatic heterocycles. The molecular formula is C41H40ClN11O4. The van der Waals surface area contributed by atoms with Gasteiger partial charge in [0.05, 0.1) is 30.0 Å². The predicted octanol–water partition coefficient (Wildman–Crippen LogP) is 6.50. The van der Waals surface area contributed by atoms with E-state index in [4.69, 9.17) is 16.3 Å². The number of halogens is 1. The standard InChI is InChI=1S/C41H40ClN11O4/c1-25-18-26(2)53-36(46-25)31(21-45-53)37(54)47-29-13-10-27(11-14-29)34-22-52(49-48-34)41(16-17-50(23-41)39(56)57-40(3,4)5)38(55)43-20-28-12-15-30(19-32(28)42)51-24-44-33-8-6-7-9-35(33)51/h6-15,18-19,21-22,24H,16-17,20,23H2,1-5H3,(H,43,55)(H,47,54). The van der Waals surface area contributed by atoms with Crippen molar-refractivity contribution in [1.29, 1.82) is 0 Å². The third-order valence-corrected chi connectivity index (χ3v) is 10.3. The molecule has 2 N–H and O–H groups in total. The van der Waals surface area contributed by atoms with Gasteiger partial charge in [-0.3, -0.25) is 14.2 Å². The number of amides is 3. The third kappa shape index (κ3) is 7.29. The molecule has 0 bridgehead atoms. The molecule has 3 amide bonds. The van der Waals surface area contributed by atoms with Crippen LogP contribution in [0.4, 0.5) is 10.5 Å². The fourth-order valence-corrected chi connectivity index (χ4v) is 7.29. The second-order valence-corrected chi connectivity index (χ2v) is 15.6. The number of nitrogens with zero attached hydrogens (tertiary/aromatic N) is 9. The Labute approximate surface area is 332 Å². The number of aryl methyl sites for hydroxylation is 2. The number of hydrogen-bond acceptors (Lipinski definition) is 9. The van der Waals surface area contributed by atoms with E-state index in [1.807, 2.05) is 66.9 Å². The van der Waals surface area contributed by atoms with Crippen molar-refractivity contribution in [3.8, 4) is 16.9 Å². The number of benzene rings is 3. The zero-order valence-electron chi connectivity index (χ0n) is 32.0. The Balaban J connectivity index is 1.01. The molecule has 1 fully saturated rings. The number of nitrogens with one attached hydrogen (secondary N) is 2. The van der Waals surface area contributed by atoms with Gasteiger partial charge in [-0.15, -0.1) is 5.10 Å². The van der Waals surface area contributed by atoms with Gasteiger partial charge in [-0.25, -0.2) is 24.0 Å². The van der Waals surface area contributed by atoms with Crippen molar-refractivity contribution in [3.63, 3.8) is 0 Å². The second kappa shape index (κ2) is 14.5. The molecule has 1 saturated heterocycles. The molecule has 0 spiro atoms. The van der Waals surface area contributed by atoms with Gasteiger partial charge in [0.25, 0.3) is 5.91 Å². The number of likely N-dealkylation sites (tertiary alicyclic amines) is 1. The molecule has 0 radical (unpaired) electrons. The quantitative estimate of drug-likeness (QED) is 0.175. The molecule has 3 aromatic carbocycles. The smallest absolute Gasteiger partial charge is 0.410 e. The fraction of sp³-hybridized carbons (Fsp3) is 0.268. The molecule has 1 atom stereocenters. The lowest BCUT2D eigenvalue weighted by atomic mass is 9.97. The van der Waals surface area contributed by atoms with Crippen LogP contribution >= 0.6 is 11.6 Å². The molecule has 1 aliphatic rings. The van der Waals surface area contributed by atoms with E-state index in [0.717, 1.165) is 28.1 Å². The fourth-order valence-electron chi connectivity index (χ4n) is 7.05. The highest BCUT2D eigenvalue weighted by Crippen LogP contribution is 2.33. The first-order chi connectivity index (χ1) is 27.3. The first-order valence-electron chi connectivity index (χ1n) is 18.4. The Morgan fingerprint density at radius 3 is 2.56 bits per heavy atom. The van der Waals surface area contributed by atoms with Crippen LogP contribution in [0.2, 0.25) is 5.02 Å². The molecule has 4 aromatic heterocycles. The Kier molecular flexibility index (Phi) is 9.48. The minimum atomic E-state index is -1.29. The van der Waals surface area contributed by atoms with Crippen molar-refractivity contribution in [3.05, 3.63) is 119 Å². The molecule has 15 nitrogen and oxygen atoms in total. The first kappa shape index (κ1) is 37.3. The van der Waals surface area contributed by atoms with Crippen LogP contribution in [0.15, 0.2) is 91.5 Å². The van der Waals surface area contributed by atoms with Crippen LogP contribution in [-0.4, -0.2) is 80.6 Å². The molecule has 5 heterocycles. The zero-order chi connectivity index (χ0) is 40.1. The Bertz CT molecular complexity index is 2680. The predicted molar refractivity (Wildman–Crippen MR) is 214 cm³/mol. The normalized spacial score (nSPS) is 15.6. The molecule has 290 valence electrons. The van der Waals surface area contributed by atoms with Crippen molar-refractivity contribution in [2.75, 3.05) is 18.4 Å². The maximum Gasteiger partial charge on any atom is 0.410 e. The van der Waals surface area contributed by atoms with E-state index in [1.54, 1.807) is 62.1 Å². The lowest BCUT2D eigenvalue weighted by Gasteiger charge is -2.29. The molecule has 0 aliphatic carbocycles.